The molecule has 1 aromatic rings. The van der Waals surface area contributed by atoms with Gasteiger partial charge >= 0.3 is 18.0 Å². The molecule has 0 radical (unpaired) electrons. The van der Waals surface area contributed by atoms with Crippen LogP contribution in [0, 0.1) is 6.92 Å². The van der Waals surface area contributed by atoms with E-state index in [4.69, 9.17) is 10.2 Å². The van der Waals surface area contributed by atoms with E-state index in [9.17, 15) is 14.4 Å². The topological polar surface area (TPSA) is 155 Å². The molecule has 1 atom stereocenters. The van der Waals surface area contributed by atoms with Gasteiger partial charge in [0, 0.05) is 6.92 Å². The molecule has 0 aliphatic carbocycles. The number of aryl methyl sites for hydroxylation is 1. The van der Waals surface area contributed by atoms with Crippen LogP contribution in [0.5, 0.6) is 0 Å². The lowest BCUT2D eigenvalue weighted by Crippen LogP contribution is -2.46. The Bertz CT molecular complexity index is 485. The summed E-state index contributed by atoms with van der Waals surface area (Å²) in [7, 11) is 0. The third kappa shape index (κ3) is 5.02. The molecule has 19 heavy (non-hydrogen) atoms. The van der Waals surface area contributed by atoms with Crippen molar-refractivity contribution < 1.29 is 29.1 Å². The van der Waals surface area contributed by atoms with Gasteiger partial charge in [-0.1, -0.05) is 5.16 Å². The Morgan fingerprint density at radius 3 is 2.53 bits per heavy atom. The predicted octanol–water partition coefficient (Wildman–Crippen LogP) is -0.895. The van der Waals surface area contributed by atoms with Crippen LogP contribution in [0.4, 0.5) is 4.79 Å². The number of carbonyl (C=O) groups excluding carboxylic acids is 1. The van der Waals surface area contributed by atoms with Crippen molar-refractivity contribution in [3.63, 3.8) is 0 Å². The zero-order chi connectivity index (χ0) is 14.4. The van der Waals surface area contributed by atoms with E-state index in [0.29, 0.717) is 5.89 Å². The van der Waals surface area contributed by atoms with Gasteiger partial charge in [0.05, 0.1) is 13.0 Å². The highest BCUT2D eigenvalue weighted by Crippen LogP contribution is 1.95. The number of rotatable bonds is 6. The van der Waals surface area contributed by atoms with E-state index < -0.39 is 30.4 Å². The molecule has 0 unspecified atom stereocenters. The SMILES string of the molecule is Cc1nc(CNC(=O)N[C@@H](CC(=O)O)C(=O)O)no1. The average Bonchev–Trinajstić information content (AvgIpc) is 2.71. The third-order valence-corrected chi connectivity index (χ3v) is 1.96. The normalized spacial score (nSPS) is 11.6. The maximum atomic E-state index is 11.4. The summed E-state index contributed by atoms with van der Waals surface area (Å²) in [4.78, 5) is 36.3. The summed E-state index contributed by atoms with van der Waals surface area (Å²) in [6, 6.07) is -2.35. The second kappa shape index (κ2) is 6.33. The number of hydrogen-bond acceptors (Lipinski definition) is 6. The lowest BCUT2D eigenvalue weighted by molar-refractivity contribution is -0.145. The first-order valence-corrected chi connectivity index (χ1v) is 5.16. The van der Waals surface area contributed by atoms with Crippen molar-refractivity contribution >= 4 is 18.0 Å². The summed E-state index contributed by atoms with van der Waals surface area (Å²) in [5, 5.41) is 25.0. The van der Waals surface area contributed by atoms with Gasteiger partial charge in [0.1, 0.15) is 6.04 Å². The lowest BCUT2D eigenvalue weighted by atomic mass is 10.2. The van der Waals surface area contributed by atoms with Gasteiger partial charge in [0.25, 0.3) is 0 Å². The number of aromatic nitrogens is 2. The molecule has 0 spiro atoms. The number of aliphatic carboxylic acids is 2. The number of amides is 2. The molecule has 0 bridgehead atoms. The monoisotopic (exact) mass is 272 g/mol. The number of carbonyl (C=O) groups is 3. The molecule has 10 nitrogen and oxygen atoms in total. The Morgan fingerprint density at radius 2 is 2.05 bits per heavy atom. The van der Waals surface area contributed by atoms with Crippen molar-refractivity contribution in [1.82, 2.24) is 20.8 Å². The molecule has 1 heterocycles. The summed E-state index contributed by atoms with van der Waals surface area (Å²) < 4.78 is 4.66. The molecule has 2 amide bonds. The van der Waals surface area contributed by atoms with E-state index in [1.807, 2.05) is 5.32 Å². The maximum absolute atomic E-state index is 11.4. The van der Waals surface area contributed by atoms with Crippen LogP contribution < -0.4 is 10.6 Å². The fourth-order valence-corrected chi connectivity index (χ4v) is 1.16. The highest BCUT2D eigenvalue weighted by Gasteiger charge is 2.22. The first kappa shape index (κ1) is 14.4. The van der Waals surface area contributed by atoms with Gasteiger partial charge in [0.15, 0.2) is 5.82 Å². The van der Waals surface area contributed by atoms with E-state index >= 15 is 0 Å². The molecule has 10 heteroatoms. The molecule has 0 saturated heterocycles. The van der Waals surface area contributed by atoms with Crippen molar-refractivity contribution in [2.45, 2.75) is 25.9 Å². The van der Waals surface area contributed by atoms with Crippen LogP contribution in [-0.4, -0.2) is 44.4 Å². The Kier molecular flexibility index (Phi) is 4.80. The van der Waals surface area contributed by atoms with Crippen molar-refractivity contribution in [2.24, 2.45) is 0 Å². The van der Waals surface area contributed by atoms with Crippen LogP contribution >= 0.6 is 0 Å². The number of nitrogens with zero attached hydrogens (tertiary/aromatic N) is 2. The molecular formula is C9H12N4O6. The van der Waals surface area contributed by atoms with E-state index in [0.717, 1.165) is 0 Å². The fraction of sp³-hybridized carbons (Fsp3) is 0.444. The van der Waals surface area contributed by atoms with Crippen LogP contribution in [0.25, 0.3) is 0 Å². The number of nitrogens with one attached hydrogen (secondary N) is 2. The zero-order valence-corrected chi connectivity index (χ0v) is 9.91. The van der Waals surface area contributed by atoms with Crippen LogP contribution in [0.2, 0.25) is 0 Å². The minimum absolute atomic E-state index is 0.0669. The van der Waals surface area contributed by atoms with E-state index in [2.05, 4.69) is 20.0 Å². The van der Waals surface area contributed by atoms with Gasteiger partial charge in [0.2, 0.25) is 5.89 Å². The third-order valence-electron chi connectivity index (χ3n) is 1.96. The summed E-state index contributed by atoms with van der Waals surface area (Å²) in [5.41, 5.74) is 0. The quantitative estimate of drug-likeness (QED) is 0.519. The highest BCUT2D eigenvalue weighted by molar-refractivity contribution is 5.86. The molecule has 0 fully saturated rings. The Labute approximate surface area is 106 Å². The largest absolute Gasteiger partial charge is 0.481 e. The summed E-state index contributed by atoms with van der Waals surface area (Å²) in [6.07, 6.45) is -0.718. The van der Waals surface area contributed by atoms with Gasteiger partial charge in [-0.2, -0.15) is 4.98 Å². The van der Waals surface area contributed by atoms with Crippen LogP contribution in [0.15, 0.2) is 4.52 Å². The van der Waals surface area contributed by atoms with E-state index in [1.165, 1.54) is 0 Å². The fourth-order valence-electron chi connectivity index (χ4n) is 1.16. The molecule has 4 N–H and O–H groups in total. The summed E-state index contributed by atoms with van der Waals surface area (Å²) in [5.74, 6) is -2.22. The standard InChI is InChI=1S/C9H12N4O6/c1-4-11-6(13-19-4)3-10-9(18)12-5(8(16)17)2-7(14)15/h5H,2-3H2,1H3,(H,14,15)(H,16,17)(H2,10,12,18)/t5-/m0/s1. The van der Waals surface area contributed by atoms with Gasteiger partial charge in [-0.25, -0.2) is 9.59 Å². The molecule has 0 aliphatic heterocycles. The first-order valence-electron chi connectivity index (χ1n) is 5.16. The van der Waals surface area contributed by atoms with Gasteiger partial charge in [-0.05, 0) is 0 Å². The number of carboxylic acid groups (broad SMARTS) is 2. The van der Waals surface area contributed by atoms with Crippen molar-refractivity contribution in [3.05, 3.63) is 11.7 Å². The smallest absolute Gasteiger partial charge is 0.326 e. The number of urea groups is 1. The Morgan fingerprint density at radius 1 is 1.37 bits per heavy atom. The second-order valence-electron chi connectivity index (χ2n) is 3.55. The molecule has 104 valence electrons. The number of hydrogen-bond donors (Lipinski definition) is 4. The maximum Gasteiger partial charge on any atom is 0.326 e. The summed E-state index contributed by atoms with van der Waals surface area (Å²) >= 11 is 0. The Balaban J connectivity index is 2.44. The molecule has 1 rings (SSSR count). The first-order chi connectivity index (χ1) is 8.88. The van der Waals surface area contributed by atoms with E-state index in [1.54, 1.807) is 6.92 Å². The van der Waals surface area contributed by atoms with Crippen LogP contribution in [0.3, 0.4) is 0 Å². The second-order valence-corrected chi connectivity index (χ2v) is 3.55. The minimum atomic E-state index is -1.51. The minimum Gasteiger partial charge on any atom is -0.481 e. The van der Waals surface area contributed by atoms with Crippen LogP contribution in [-0.2, 0) is 16.1 Å². The summed E-state index contributed by atoms with van der Waals surface area (Å²) in [6.45, 7) is 1.51. The molecule has 0 saturated carbocycles. The van der Waals surface area contributed by atoms with Gasteiger partial charge in [-0.15, -0.1) is 0 Å². The van der Waals surface area contributed by atoms with E-state index in [-0.39, 0.29) is 12.4 Å². The highest BCUT2D eigenvalue weighted by atomic mass is 16.5. The number of carboxylic acids is 2. The van der Waals surface area contributed by atoms with Gasteiger partial charge < -0.3 is 25.4 Å². The molecular weight excluding hydrogens is 260 g/mol. The van der Waals surface area contributed by atoms with Crippen molar-refractivity contribution in [1.29, 1.82) is 0 Å². The average molecular weight is 272 g/mol. The predicted molar refractivity (Wildman–Crippen MR) is 58.1 cm³/mol. The van der Waals surface area contributed by atoms with Gasteiger partial charge in [-0.3, -0.25) is 4.79 Å². The van der Waals surface area contributed by atoms with Crippen molar-refractivity contribution in [3.8, 4) is 0 Å². The van der Waals surface area contributed by atoms with Crippen LogP contribution in [0.1, 0.15) is 18.1 Å². The molecule has 0 aromatic carbocycles. The lowest BCUT2D eigenvalue weighted by Gasteiger charge is -2.12. The molecule has 1 aromatic heterocycles. The Hall–Kier alpha value is -2.65. The molecule has 0 aliphatic rings. The van der Waals surface area contributed by atoms with Crippen molar-refractivity contribution in [2.75, 3.05) is 0 Å². The zero-order valence-electron chi connectivity index (χ0n) is 9.91.